The molecule has 0 spiro atoms. The van der Waals surface area contributed by atoms with Crippen LogP contribution < -0.4 is 10.1 Å². The summed E-state index contributed by atoms with van der Waals surface area (Å²) in [6.07, 6.45) is 0. The van der Waals surface area contributed by atoms with E-state index in [1.165, 1.54) is 0 Å². The molecule has 2 aromatic rings. The number of hydrogen-bond acceptors (Lipinski definition) is 4. The van der Waals surface area contributed by atoms with Crippen molar-refractivity contribution in [3.63, 3.8) is 0 Å². The first-order valence-electron chi connectivity index (χ1n) is 6.54. The second-order valence-corrected chi connectivity index (χ2v) is 5.35. The van der Waals surface area contributed by atoms with Crippen LogP contribution in [0.1, 0.15) is 25.1 Å². The summed E-state index contributed by atoms with van der Waals surface area (Å²) >= 11 is 5.95. The van der Waals surface area contributed by atoms with Crippen molar-refractivity contribution >= 4 is 11.6 Å². The fourth-order valence-corrected chi connectivity index (χ4v) is 1.76. The number of rotatable bonds is 5. The molecule has 4 nitrogen and oxygen atoms in total. The van der Waals surface area contributed by atoms with Gasteiger partial charge in [0.25, 0.3) is 0 Å². The van der Waals surface area contributed by atoms with Crippen molar-refractivity contribution in [1.29, 1.82) is 0 Å². The topological polar surface area (TPSA) is 47.0 Å². The minimum Gasteiger partial charge on any atom is -0.437 e. The molecule has 0 aliphatic heterocycles. The highest BCUT2D eigenvalue weighted by molar-refractivity contribution is 6.30. The molecule has 1 heterocycles. The third kappa shape index (κ3) is 4.18. The van der Waals surface area contributed by atoms with Crippen LogP contribution >= 0.6 is 11.6 Å². The third-order valence-corrected chi connectivity index (χ3v) is 2.99. The van der Waals surface area contributed by atoms with E-state index < -0.39 is 0 Å². The van der Waals surface area contributed by atoms with Crippen LogP contribution in [0.2, 0.25) is 5.02 Å². The van der Waals surface area contributed by atoms with Gasteiger partial charge in [-0.15, -0.1) is 5.10 Å². The lowest BCUT2D eigenvalue weighted by molar-refractivity contribution is 0.449. The van der Waals surface area contributed by atoms with Crippen molar-refractivity contribution in [2.24, 2.45) is 0 Å². The number of hydrogen-bond donors (Lipinski definition) is 1. The van der Waals surface area contributed by atoms with Crippen LogP contribution in [0.15, 0.2) is 30.3 Å². The van der Waals surface area contributed by atoms with E-state index in [1.54, 1.807) is 6.07 Å². The maximum Gasteiger partial charge on any atom is 0.238 e. The molecule has 0 atom stereocenters. The maximum absolute atomic E-state index is 5.95. The quantitative estimate of drug-likeness (QED) is 0.912. The van der Waals surface area contributed by atoms with Crippen molar-refractivity contribution < 1.29 is 4.74 Å². The normalized spacial score (nSPS) is 10.8. The van der Waals surface area contributed by atoms with Crippen LogP contribution in [-0.4, -0.2) is 16.2 Å². The van der Waals surface area contributed by atoms with Crippen LogP contribution in [0.5, 0.6) is 11.6 Å². The van der Waals surface area contributed by atoms with Gasteiger partial charge in [0.1, 0.15) is 5.75 Å². The van der Waals surface area contributed by atoms with Gasteiger partial charge in [0, 0.05) is 23.7 Å². The van der Waals surface area contributed by atoms with E-state index in [0.717, 1.165) is 11.3 Å². The fraction of sp³-hybridized carbons (Fsp3) is 0.333. The summed E-state index contributed by atoms with van der Waals surface area (Å²) in [6.45, 7) is 6.83. The summed E-state index contributed by atoms with van der Waals surface area (Å²) in [5, 5.41) is 12.1. The van der Waals surface area contributed by atoms with Gasteiger partial charge < -0.3 is 10.1 Å². The lowest BCUT2D eigenvalue weighted by Crippen LogP contribution is -2.22. The first-order chi connectivity index (χ1) is 9.54. The smallest absolute Gasteiger partial charge is 0.238 e. The number of benzene rings is 1. The number of ether oxygens (including phenoxy) is 1. The predicted octanol–water partition coefficient (Wildman–Crippen LogP) is 3.73. The van der Waals surface area contributed by atoms with Crippen molar-refractivity contribution in [3.05, 3.63) is 46.6 Å². The molecule has 5 heteroatoms. The zero-order chi connectivity index (χ0) is 14.5. The van der Waals surface area contributed by atoms with Crippen molar-refractivity contribution in [2.45, 2.75) is 33.4 Å². The Labute approximate surface area is 124 Å². The van der Waals surface area contributed by atoms with Crippen molar-refractivity contribution in [2.75, 3.05) is 0 Å². The molecule has 2 rings (SSSR count). The monoisotopic (exact) mass is 291 g/mol. The van der Waals surface area contributed by atoms with Crippen LogP contribution in [0, 0.1) is 6.92 Å². The first kappa shape index (κ1) is 14.8. The highest BCUT2D eigenvalue weighted by Gasteiger charge is 2.05. The third-order valence-electron chi connectivity index (χ3n) is 2.75. The van der Waals surface area contributed by atoms with E-state index in [9.17, 15) is 0 Å². The van der Waals surface area contributed by atoms with Crippen LogP contribution in [-0.2, 0) is 6.54 Å². The van der Waals surface area contributed by atoms with Gasteiger partial charge in [0.15, 0.2) is 0 Å². The largest absolute Gasteiger partial charge is 0.437 e. The van der Waals surface area contributed by atoms with E-state index in [2.05, 4.69) is 29.4 Å². The zero-order valence-electron chi connectivity index (χ0n) is 11.9. The van der Waals surface area contributed by atoms with Gasteiger partial charge in [-0.2, -0.15) is 5.10 Å². The summed E-state index contributed by atoms with van der Waals surface area (Å²) in [5.41, 5.74) is 1.88. The summed E-state index contributed by atoms with van der Waals surface area (Å²) in [6, 6.07) is 9.64. The molecule has 0 amide bonds. The Morgan fingerprint density at radius 2 is 2.00 bits per heavy atom. The molecule has 0 saturated heterocycles. The molecule has 106 valence electrons. The van der Waals surface area contributed by atoms with E-state index in [4.69, 9.17) is 16.3 Å². The highest BCUT2D eigenvalue weighted by atomic mass is 35.5. The van der Waals surface area contributed by atoms with E-state index in [0.29, 0.717) is 29.2 Å². The molecule has 0 radical (unpaired) electrons. The number of halogens is 1. The second-order valence-electron chi connectivity index (χ2n) is 4.91. The first-order valence-corrected chi connectivity index (χ1v) is 6.92. The van der Waals surface area contributed by atoms with E-state index >= 15 is 0 Å². The Kier molecular flexibility index (Phi) is 4.93. The molecule has 0 bridgehead atoms. The Morgan fingerprint density at radius 3 is 2.65 bits per heavy atom. The average Bonchev–Trinajstić information content (AvgIpc) is 2.42. The molecule has 1 aromatic carbocycles. The Hall–Kier alpha value is -1.65. The summed E-state index contributed by atoms with van der Waals surface area (Å²) in [4.78, 5) is 0. The molecule has 0 aliphatic rings. The maximum atomic E-state index is 5.95. The van der Waals surface area contributed by atoms with Gasteiger partial charge in [-0.3, -0.25) is 0 Å². The summed E-state index contributed by atoms with van der Waals surface area (Å²) < 4.78 is 5.69. The number of nitrogens with zero attached hydrogens (tertiary/aromatic N) is 2. The minimum absolute atomic E-state index is 0.418. The molecule has 0 aliphatic carbocycles. The van der Waals surface area contributed by atoms with Crippen molar-refractivity contribution in [3.8, 4) is 11.6 Å². The molecular formula is C15H18ClN3O. The van der Waals surface area contributed by atoms with Crippen molar-refractivity contribution in [1.82, 2.24) is 15.5 Å². The van der Waals surface area contributed by atoms with Gasteiger partial charge in [0.2, 0.25) is 5.88 Å². The van der Waals surface area contributed by atoms with Gasteiger partial charge in [-0.1, -0.05) is 31.5 Å². The molecule has 0 fully saturated rings. The van der Waals surface area contributed by atoms with E-state index in [-0.39, 0.29) is 0 Å². The molecule has 0 saturated carbocycles. The Bertz CT molecular complexity index is 570. The number of aryl methyl sites for hydroxylation is 1. The second kappa shape index (κ2) is 6.68. The molecule has 20 heavy (non-hydrogen) atoms. The van der Waals surface area contributed by atoms with Crippen LogP contribution in [0.3, 0.4) is 0 Å². The molecule has 0 unspecified atom stereocenters. The average molecular weight is 292 g/mol. The number of nitrogens with one attached hydrogen (secondary N) is 1. The number of aromatic nitrogens is 2. The lowest BCUT2D eigenvalue weighted by atomic mass is 10.2. The SMILES string of the molecule is Cc1ccc(Cl)cc1Oc1ccc(CNC(C)C)nn1. The molecule has 1 aromatic heterocycles. The van der Waals surface area contributed by atoms with Gasteiger partial charge >= 0.3 is 0 Å². The van der Waals surface area contributed by atoms with Gasteiger partial charge in [-0.05, 0) is 30.7 Å². The van der Waals surface area contributed by atoms with Gasteiger partial charge in [0.05, 0.1) is 5.69 Å². The van der Waals surface area contributed by atoms with E-state index in [1.807, 2.05) is 31.2 Å². The zero-order valence-corrected chi connectivity index (χ0v) is 12.6. The molecule has 1 N–H and O–H groups in total. The Balaban J connectivity index is 2.05. The lowest BCUT2D eigenvalue weighted by Gasteiger charge is -2.09. The van der Waals surface area contributed by atoms with Crippen LogP contribution in [0.25, 0.3) is 0 Å². The molecular weight excluding hydrogens is 274 g/mol. The predicted molar refractivity (Wildman–Crippen MR) is 80.3 cm³/mol. The van der Waals surface area contributed by atoms with Crippen LogP contribution in [0.4, 0.5) is 0 Å². The summed E-state index contributed by atoms with van der Waals surface area (Å²) in [5.74, 6) is 1.16. The highest BCUT2D eigenvalue weighted by Crippen LogP contribution is 2.26. The fourth-order valence-electron chi connectivity index (χ4n) is 1.60. The Morgan fingerprint density at radius 1 is 1.20 bits per heavy atom. The summed E-state index contributed by atoms with van der Waals surface area (Å²) in [7, 11) is 0. The van der Waals surface area contributed by atoms with Gasteiger partial charge in [-0.25, -0.2) is 0 Å². The minimum atomic E-state index is 0.418. The standard InChI is InChI=1S/C15H18ClN3O/c1-10(2)17-9-13-6-7-15(19-18-13)20-14-8-12(16)5-4-11(14)3/h4-8,10,17H,9H2,1-3H3.